The zero-order chi connectivity index (χ0) is 19.1. The number of nitrogens with one attached hydrogen (secondary N) is 3. The molecule has 0 saturated carbocycles. The van der Waals surface area contributed by atoms with Crippen LogP contribution in [0.15, 0.2) is 48.7 Å². The van der Waals surface area contributed by atoms with Gasteiger partial charge in [-0.25, -0.2) is 0 Å². The summed E-state index contributed by atoms with van der Waals surface area (Å²) >= 11 is 0. The molecule has 3 N–H and O–H groups in total. The Kier molecular flexibility index (Phi) is 6.71. The van der Waals surface area contributed by atoms with Crippen molar-refractivity contribution in [1.29, 1.82) is 0 Å². The number of likely N-dealkylation sites (tertiary alicyclic amines) is 1. The standard InChI is InChI=1S/C20H25N5.C2H6.2H2/c1-21-17-5-2-4-15(10-17)13-25-9-3-6-19(14-25)23-18-7-8-20-16(11-18)12-22-24-20;1-2;;/h2,4-5,7-8,10-12,19,21,23H,3,6,9,13-14H2,1H3,(H,22,24);1-2H3;2*1H. The fraction of sp³-hybridized carbons (Fsp3) is 0.409. The third-order valence-corrected chi connectivity index (χ3v) is 4.94. The number of fused-ring (bicyclic) bond motifs is 1. The maximum atomic E-state index is 4.10. The van der Waals surface area contributed by atoms with Gasteiger partial charge < -0.3 is 10.6 Å². The summed E-state index contributed by atoms with van der Waals surface area (Å²) in [7, 11) is 1.97. The van der Waals surface area contributed by atoms with Gasteiger partial charge in [-0.2, -0.15) is 5.10 Å². The first-order valence-corrected chi connectivity index (χ1v) is 9.99. The number of H-pyrrole nitrogens is 1. The van der Waals surface area contributed by atoms with Crippen LogP contribution in [0.5, 0.6) is 0 Å². The molecule has 2 heterocycles. The SMILES string of the molecule is CC.CNc1cccc(CN2CCCC(Nc3ccc4[nH]ncc4c3)C2)c1.[HH].[HH]. The first-order chi connectivity index (χ1) is 13.3. The van der Waals surface area contributed by atoms with Crippen molar-refractivity contribution < 1.29 is 2.85 Å². The molecule has 0 amide bonds. The van der Waals surface area contributed by atoms with Gasteiger partial charge in [0.15, 0.2) is 0 Å². The molecule has 1 atom stereocenters. The minimum Gasteiger partial charge on any atom is -0.388 e. The molecule has 3 aromatic rings. The highest BCUT2D eigenvalue weighted by molar-refractivity contribution is 5.81. The summed E-state index contributed by atoms with van der Waals surface area (Å²) in [5, 5.41) is 15.2. The van der Waals surface area contributed by atoms with Crippen LogP contribution in [0.3, 0.4) is 0 Å². The molecule has 1 aromatic heterocycles. The third-order valence-electron chi connectivity index (χ3n) is 4.94. The van der Waals surface area contributed by atoms with E-state index in [4.69, 9.17) is 0 Å². The summed E-state index contributed by atoms with van der Waals surface area (Å²) < 4.78 is 0. The van der Waals surface area contributed by atoms with Gasteiger partial charge in [-0.05, 0) is 55.3 Å². The number of nitrogens with zero attached hydrogens (tertiary/aromatic N) is 2. The first kappa shape index (κ1) is 19.2. The fourth-order valence-electron chi connectivity index (χ4n) is 3.67. The molecule has 0 spiro atoms. The first-order valence-electron chi connectivity index (χ1n) is 9.99. The fourth-order valence-corrected chi connectivity index (χ4v) is 3.67. The average molecular weight is 370 g/mol. The molecule has 0 aliphatic carbocycles. The Morgan fingerprint density at radius 3 is 2.93 bits per heavy atom. The monoisotopic (exact) mass is 369 g/mol. The van der Waals surface area contributed by atoms with Crippen LogP contribution in [0.1, 0.15) is 35.1 Å². The molecule has 4 rings (SSSR count). The van der Waals surface area contributed by atoms with E-state index in [0.717, 1.165) is 24.0 Å². The lowest BCUT2D eigenvalue weighted by atomic mass is 10.0. The van der Waals surface area contributed by atoms with E-state index < -0.39 is 0 Å². The lowest BCUT2D eigenvalue weighted by molar-refractivity contribution is 0.208. The second-order valence-corrected chi connectivity index (χ2v) is 6.84. The number of hydrogen-bond donors (Lipinski definition) is 3. The van der Waals surface area contributed by atoms with E-state index >= 15 is 0 Å². The number of aromatic amines is 1. The van der Waals surface area contributed by atoms with Crippen LogP contribution >= 0.6 is 0 Å². The van der Waals surface area contributed by atoms with Crippen LogP contribution in [-0.2, 0) is 6.54 Å². The van der Waals surface area contributed by atoms with Crippen molar-refractivity contribution in [1.82, 2.24) is 15.1 Å². The molecule has 1 aliphatic heterocycles. The molecule has 5 nitrogen and oxygen atoms in total. The van der Waals surface area contributed by atoms with E-state index in [9.17, 15) is 0 Å². The van der Waals surface area contributed by atoms with Crippen molar-refractivity contribution in [2.45, 2.75) is 39.3 Å². The van der Waals surface area contributed by atoms with Crippen LogP contribution in [0.25, 0.3) is 10.9 Å². The minimum atomic E-state index is 0. The number of aromatic nitrogens is 2. The highest BCUT2D eigenvalue weighted by Gasteiger charge is 2.20. The summed E-state index contributed by atoms with van der Waals surface area (Å²) in [5.41, 5.74) is 4.81. The predicted molar refractivity (Wildman–Crippen MR) is 120 cm³/mol. The van der Waals surface area contributed by atoms with Gasteiger partial charge in [-0.15, -0.1) is 0 Å². The molecule has 5 heteroatoms. The molecule has 2 aromatic carbocycles. The van der Waals surface area contributed by atoms with Crippen molar-refractivity contribution in [2.24, 2.45) is 0 Å². The molecule has 1 unspecified atom stereocenters. The highest BCUT2D eigenvalue weighted by Crippen LogP contribution is 2.21. The average Bonchev–Trinajstić information content (AvgIpc) is 3.18. The van der Waals surface area contributed by atoms with Gasteiger partial charge in [-0.3, -0.25) is 10.00 Å². The Labute approximate surface area is 165 Å². The lowest BCUT2D eigenvalue weighted by Gasteiger charge is -2.33. The zero-order valence-electron chi connectivity index (χ0n) is 16.6. The van der Waals surface area contributed by atoms with E-state index in [0.29, 0.717) is 6.04 Å². The summed E-state index contributed by atoms with van der Waals surface area (Å²) in [4.78, 5) is 2.55. The van der Waals surface area contributed by atoms with Gasteiger partial charge in [0.05, 0.1) is 11.7 Å². The predicted octanol–water partition coefficient (Wildman–Crippen LogP) is 5.20. The summed E-state index contributed by atoms with van der Waals surface area (Å²) in [6.07, 6.45) is 4.33. The second-order valence-electron chi connectivity index (χ2n) is 6.84. The number of hydrogen-bond acceptors (Lipinski definition) is 4. The highest BCUT2D eigenvalue weighted by atomic mass is 15.2. The minimum absolute atomic E-state index is 0. The lowest BCUT2D eigenvalue weighted by Crippen LogP contribution is -2.41. The number of anilines is 2. The van der Waals surface area contributed by atoms with E-state index in [1.165, 1.54) is 36.3 Å². The van der Waals surface area contributed by atoms with Gasteiger partial charge in [0, 0.05) is 45.8 Å². The maximum Gasteiger partial charge on any atom is 0.0651 e. The van der Waals surface area contributed by atoms with Gasteiger partial charge in [0.25, 0.3) is 0 Å². The summed E-state index contributed by atoms with van der Waals surface area (Å²) in [5.74, 6) is 0. The second kappa shape index (κ2) is 9.42. The smallest absolute Gasteiger partial charge is 0.0651 e. The molecule has 1 saturated heterocycles. The number of rotatable bonds is 5. The van der Waals surface area contributed by atoms with Gasteiger partial charge in [0.1, 0.15) is 0 Å². The Balaban J connectivity index is 0.00000102. The van der Waals surface area contributed by atoms with Crippen LogP contribution in [0.2, 0.25) is 0 Å². The van der Waals surface area contributed by atoms with E-state index in [-0.39, 0.29) is 2.85 Å². The van der Waals surface area contributed by atoms with Crippen LogP contribution < -0.4 is 10.6 Å². The molecule has 1 aliphatic rings. The topological polar surface area (TPSA) is 56.0 Å². The molecular formula is C22H35N5. The van der Waals surface area contributed by atoms with Gasteiger partial charge >= 0.3 is 0 Å². The normalized spacial score (nSPS) is 17.2. The van der Waals surface area contributed by atoms with Crippen molar-refractivity contribution in [3.63, 3.8) is 0 Å². The summed E-state index contributed by atoms with van der Waals surface area (Å²) in [6.45, 7) is 7.25. The summed E-state index contributed by atoms with van der Waals surface area (Å²) in [6, 6.07) is 15.6. The van der Waals surface area contributed by atoms with Crippen molar-refractivity contribution in [3.05, 3.63) is 54.2 Å². The van der Waals surface area contributed by atoms with Crippen molar-refractivity contribution >= 4 is 22.3 Å². The largest absolute Gasteiger partial charge is 0.388 e. The Morgan fingerprint density at radius 2 is 2.07 bits per heavy atom. The zero-order valence-corrected chi connectivity index (χ0v) is 16.6. The third kappa shape index (κ3) is 5.01. The van der Waals surface area contributed by atoms with Crippen LogP contribution in [0, 0.1) is 0 Å². The van der Waals surface area contributed by atoms with Crippen LogP contribution in [0.4, 0.5) is 11.4 Å². The Bertz CT molecular complexity index is 852. The molecule has 0 bridgehead atoms. The molecule has 0 radical (unpaired) electrons. The number of piperidine rings is 1. The van der Waals surface area contributed by atoms with Gasteiger partial charge in [0.2, 0.25) is 0 Å². The quantitative estimate of drug-likeness (QED) is 0.578. The van der Waals surface area contributed by atoms with E-state index in [1.54, 1.807) is 0 Å². The Morgan fingerprint density at radius 1 is 1.19 bits per heavy atom. The van der Waals surface area contributed by atoms with E-state index in [2.05, 4.69) is 68.2 Å². The Hall–Kier alpha value is -2.53. The van der Waals surface area contributed by atoms with E-state index in [1.807, 2.05) is 27.1 Å². The van der Waals surface area contributed by atoms with Crippen molar-refractivity contribution in [3.8, 4) is 0 Å². The van der Waals surface area contributed by atoms with Crippen molar-refractivity contribution in [2.75, 3.05) is 30.8 Å². The number of benzene rings is 2. The van der Waals surface area contributed by atoms with Gasteiger partial charge in [-0.1, -0.05) is 26.0 Å². The maximum absolute atomic E-state index is 4.10. The van der Waals surface area contributed by atoms with Crippen LogP contribution in [-0.4, -0.2) is 41.3 Å². The molecule has 27 heavy (non-hydrogen) atoms. The molecular weight excluding hydrogens is 334 g/mol. The molecule has 148 valence electrons. The molecule has 1 fully saturated rings.